The fourth-order valence-electron chi connectivity index (χ4n) is 3.73. The van der Waals surface area contributed by atoms with E-state index in [1.807, 2.05) is 6.07 Å². The number of anilines is 1. The van der Waals surface area contributed by atoms with E-state index >= 15 is 0 Å². The molecule has 158 valence electrons. The minimum atomic E-state index is -0.358. The molecule has 1 aliphatic rings. The monoisotopic (exact) mass is 435 g/mol. The Morgan fingerprint density at radius 3 is 2.55 bits per heavy atom. The Morgan fingerprint density at radius 2 is 1.94 bits per heavy atom. The molecule has 1 fully saturated rings. The Bertz CT molecular complexity index is 1100. The van der Waals surface area contributed by atoms with Crippen LogP contribution in [-0.4, -0.2) is 29.9 Å². The van der Waals surface area contributed by atoms with Gasteiger partial charge in [-0.25, -0.2) is 4.98 Å². The fraction of sp³-hybridized carbons (Fsp3) is 0.304. The molecule has 1 saturated carbocycles. The Hall–Kier alpha value is -3.28. The minimum absolute atomic E-state index is 0.0253. The lowest BCUT2D eigenvalue weighted by Crippen LogP contribution is -2.25. The molecule has 0 spiro atoms. The second-order valence-corrected chi connectivity index (χ2v) is 8.39. The van der Waals surface area contributed by atoms with Gasteiger partial charge in [-0.05, 0) is 62.1 Å². The molecule has 4 rings (SSSR count). The quantitative estimate of drug-likeness (QED) is 0.551. The minimum Gasteiger partial charge on any atom is -0.463 e. The number of Topliss-reactive ketones (excluding diaryl/α,β-unsaturated/α-hetero) is 1. The van der Waals surface area contributed by atoms with E-state index in [2.05, 4.69) is 10.3 Å². The average Bonchev–Trinajstić information content (AvgIpc) is 3.49. The van der Waals surface area contributed by atoms with Crippen LogP contribution in [0.3, 0.4) is 0 Å². The van der Waals surface area contributed by atoms with Gasteiger partial charge >= 0.3 is 0 Å². The van der Waals surface area contributed by atoms with Crippen LogP contribution in [-0.2, 0) is 4.74 Å². The van der Waals surface area contributed by atoms with Crippen LogP contribution >= 0.6 is 11.3 Å². The van der Waals surface area contributed by atoms with E-state index < -0.39 is 0 Å². The summed E-state index contributed by atoms with van der Waals surface area (Å²) in [6.45, 7) is 0. The van der Waals surface area contributed by atoms with Crippen molar-refractivity contribution in [2.45, 2.75) is 31.8 Å². The molecule has 0 saturated heterocycles. The van der Waals surface area contributed by atoms with Crippen molar-refractivity contribution >= 4 is 28.2 Å². The molecule has 8 heteroatoms. The molecular formula is C23H21N3O4S. The number of carbonyl (C=O) groups excluding carboxylic acids is 2. The van der Waals surface area contributed by atoms with Crippen molar-refractivity contribution in [2.24, 2.45) is 5.92 Å². The molecule has 31 heavy (non-hydrogen) atoms. The second kappa shape index (κ2) is 9.25. The van der Waals surface area contributed by atoms with E-state index in [0.29, 0.717) is 32.6 Å². The molecule has 2 aromatic heterocycles. The van der Waals surface area contributed by atoms with Crippen molar-refractivity contribution in [2.75, 3.05) is 12.4 Å². The predicted molar refractivity (Wildman–Crippen MR) is 116 cm³/mol. The molecule has 1 amide bonds. The van der Waals surface area contributed by atoms with Gasteiger partial charge in [0.2, 0.25) is 0 Å². The molecule has 1 N–H and O–H groups in total. The standard InChI is InChI=1S/C23H21N3O4S/c1-29-17-10-8-15(9-11-17)20(27)21-19(18-3-2-12-30-18)25-23(31-21)26-22(28)16-6-4-14(13-24)5-7-16/h2-7,12,15,17H,8-11H2,1H3,(H,25,26,28). The predicted octanol–water partition coefficient (Wildman–Crippen LogP) is 4.91. The van der Waals surface area contributed by atoms with Gasteiger partial charge in [0, 0.05) is 18.6 Å². The molecule has 0 unspecified atom stereocenters. The highest BCUT2D eigenvalue weighted by Gasteiger charge is 2.31. The summed E-state index contributed by atoms with van der Waals surface area (Å²) in [7, 11) is 1.70. The van der Waals surface area contributed by atoms with Crippen molar-refractivity contribution in [1.29, 1.82) is 5.26 Å². The number of methoxy groups -OCH3 is 1. The van der Waals surface area contributed by atoms with Crippen LogP contribution in [0.4, 0.5) is 5.13 Å². The zero-order valence-corrected chi connectivity index (χ0v) is 17.8. The summed E-state index contributed by atoms with van der Waals surface area (Å²) in [6, 6.07) is 11.8. The van der Waals surface area contributed by atoms with Crippen LogP contribution in [0.25, 0.3) is 11.5 Å². The van der Waals surface area contributed by atoms with Crippen molar-refractivity contribution < 1.29 is 18.7 Å². The molecule has 0 radical (unpaired) electrons. The van der Waals surface area contributed by atoms with Crippen LogP contribution < -0.4 is 5.32 Å². The van der Waals surface area contributed by atoms with E-state index in [4.69, 9.17) is 14.4 Å². The topological polar surface area (TPSA) is 105 Å². The number of ether oxygens (including phenoxy) is 1. The maximum absolute atomic E-state index is 13.3. The lowest BCUT2D eigenvalue weighted by molar-refractivity contribution is 0.0521. The third-order valence-corrected chi connectivity index (χ3v) is 6.47. The third kappa shape index (κ3) is 4.58. The molecular weight excluding hydrogens is 414 g/mol. The smallest absolute Gasteiger partial charge is 0.257 e. The number of furan rings is 1. The molecule has 2 heterocycles. The van der Waals surface area contributed by atoms with Gasteiger partial charge in [-0.2, -0.15) is 5.26 Å². The first-order valence-corrected chi connectivity index (χ1v) is 10.8. The first kappa shape index (κ1) is 21.0. The molecule has 3 aromatic rings. The number of rotatable bonds is 6. The summed E-state index contributed by atoms with van der Waals surface area (Å²) < 4.78 is 10.9. The Kier molecular flexibility index (Phi) is 6.26. The van der Waals surface area contributed by atoms with Crippen LogP contribution in [0.5, 0.6) is 0 Å². The van der Waals surface area contributed by atoms with Crippen LogP contribution in [0, 0.1) is 17.2 Å². The van der Waals surface area contributed by atoms with Crippen molar-refractivity contribution in [1.82, 2.24) is 4.98 Å². The number of hydrogen-bond donors (Lipinski definition) is 1. The van der Waals surface area contributed by atoms with E-state index in [-0.39, 0.29) is 23.7 Å². The number of carbonyl (C=O) groups is 2. The Balaban J connectivity index is 1.58. The van der Waals surface area contributed by atoms with Gasteiger partial charge in [-0.3, -0.25) is 14.9 Å². The number of nitrogens with zero attached hydrogens (tertiary/aromatic N) is 2. The highest BCUT2D eigenvalue weighted by molar-refractivity contribution is 7.18. The first-order valence-electron chi connectivity index (χ1n) is 10.0. The number of thiazole rings is 1. The van der Waals surface area contributed by atoms with Crippen LogP contribution in [0.1, 0.15) is 51.3 Å². The zero-order chi connectivity index (χ0) is 21.8. The van der Waals surface area contributed by atoms with Gasteiger partial charge in [0.25, 0.3) is 5.91 Å². The van der Waals surface area contributed by atoms with Gasteiger partial charge in [0.1, 0.15) is 10.6 Å². The summed E-state index contributed by atoms with van der Waals surface area (Å²) >= 11 is 1.16. The van der Waals surface area contributed by atoms with Gasteiger partial charge in [-0.15, -0.1) is 0 Å². The number of aromatic nitrogens is 1. The number of hydrogen-bond acceptors (Lipinski definition) is 7. The van der Waals surface area contributed by atoms with E-state index in [0.717, 1.165) is 37.0 Å². The van der Waals surface area contributed by atoms with E-state index in [1.54, 1.807) is 43.5 Å². The SMILES string of the molecule is COC1CCC(C(=O)c2sc(NC(=O)c3ccc(C#N)cc3)nc2-c2ccco2)CC1. The van der Waals surface area contributed by atoms with Gasteiger partial charge < -0.3 is 9.15 Å². The second-order valence-electron chi connectivity index (χ2n) is 7.39. The summed E-state index contributed by atoms with van der Waals surface area (Å²) in [5.41, 5.74) is 1.32. The first-order chi connectivity index (χ1) is 15.1. The average molecular weight is 436 g/mol. The van der Waals surface area contributed by atoms with Gasteiger partial charge in [-0.1, -0.05) is 11.3 Å². The number of nitrogens with one attached hydrogen (secondary N) is 1. The Morgan fingerprint density at radius 1 is 1.19 bits per heavy atom. The normalized spacial score (nSPS) is 18.3. The van der Waals surface area contributed by atoms with Crippen molar-refractivity contribution in [3.63, 3.8) is 0 Å². The molecule has 1 aliphatic carbocycles. The number of nitriles is 1. The maximum atomic E-state index is 13.3. The van der Waals surface area contributed by atoms with Crippen molar-refractivity contribution in [3.8, 4) is 17.5 Å². The summed E-state index contributed by atoms with van der Waals surface area (Å²) in [6.07, 6.45) is 4.97. The molecule has 0 aliphatic heterocycles. The molecule has 0 bridgehead atoms. The van der Waals surface area contributed by atoms with Gasteiger partial charge in [0.05, 0.1) is 24.0 Å². The highest BCUT2D eigenvalue weighted by atomic mass is 32.1. The van der Waals surface area contributed by atoms with Gasteiger partial charge in [0.15, 0.2) is 16.7 Å². The lowest BCUT2D eigenvalue weighted by atomic mass is 9.84. The molecule has 1 aromatic carbocycles. The summed E-state index contributed by atoms with van der Waals surface area (Å²) in [5.74, 6) is 0.0628. The summed E-state index contributed by atoms with van der Waals surface area (Å²) in [4.78, 5) is 30.9. The number of amides is 1. The Labute approximate surface area is 183 Å². The van der Waals surface area contributed by atoms with Crippen LogP contribution in [0.15, 0.2) is 47.1 Å². The van der Waals surface area contributed by atoms with Crippen molar-refractivity contribution in [3.05, 3.63) is 58.7 Å². The third-order valence-electron chi connectivity index (χ3n) is 5.48. The summed E-state index contributed by atoms with van der Waals surface area (Å²) in [5, 5.41) is 12.0. The number of benzene rings is 1. The van der Waals surface area contributed by atoms with E-state index in [9.17, 15) is 9.59 Å². The van der Waals surface area contributed by atoms with E-state index in [1.165, 1.54) is 6.26 Å². The number of ketones is 1. The molecule has 0 atom stereocenters. The fourth-order valence-corrected chi connectivity index (χ4v) is 4.72. The lowest BCUT2D eigenvalue weighted by Gasteiger charge is -2.26. The maximum Gasteiger partial charge on any atom is 0.257 e. The largest absolute Gasteiger partial charge is 0.463 e. The highest BCUT2D eigenvalue weighted by Crippen LogP contribution is 2.37. The van der Waals surface area contributed by atoms with Crippen LogP contribution in [0.2, 0.25) is 0 Å². The zero-order valence-electron chi connectivity index (χ0n) is 17.0. The molecule has 7 nitrogen and oxygen atoms in total.